The van der Waals surface area contributed by atoms with E-state index in [0.717, 1.165) is 5.56 Å². The largest absolute Gasteiger partial charge is 0.495 e. The lowest BCUT2D eigenvalue weighted by molar-refractivity contribution is -0.113. The highest BCUT2D eigenvalue weighted by molar-refractivity contribution is 5.90. The van der Waals surface area contributed by atoms with Gasteiger partial charge in [0.05, 0.1) is 30.7 Å². The molecular formula is C24H26FN3O5. The molecule has 4 rings (SSSR count). The normalized spacial score (nSPS) is 20.3. The number of benzene rings is 2. The van der Waals surface area contributed by atoms with Crippen molar-refractivity contribution in [2.45, 2.75) is 37.6 Å². The van der Waals surface area contributed by atoms with E-state index in [2.05, 4.69) is 15.8 Å². The minimum Gasteiger partial charge on any atom is -0.495 e. The number of hydrogen-bond donors (Lipinski definition) is 3. The lowest BCUT2D eigenvalue weighted by Gasteiger charge is -2.33. The van der Waals surface area contributed by atoms with Gasteiger partial charge in [0.15, 0.2) is 5.76 Å². The van der Waals surface area contributed by atoms with Gasteiger partial charge < -0.3 is 29.7 Å². The smallest absolute Gasteiger partial charge is 0.319 e. The average Bonchev–Trinajstić information content (AvgIpc) is 3.28. The lowest BCUT2D eigenvalue weighted by atomic mass is 9.98. The number of para-hydroxylation sites is 2. The number of nitrogens with zero attached hydrogens (tertiary/aromatic N) is 1. The molecule has 3 aromatic rings. The van der Waals surface area contributed by atoms with Crippen LogP contribution in [0.3, 0.4) is 0 Å². The zero-order chi connectivity index (χ0) is 23.2. The van der Waals surface area contributed by atoms with Crippen LogP contribution < -0.4 is 15.4 Å². The molecule has 8 nitrogen and oxygen atoms in total. The number of aromatic nitrogens is 1. The number of urea groups is 1. The standard InChI is InChI=1S/C24H26FN3O5/c1-31-21-5-3-2-4-19(21)27-24(30)26-14-23-20(29)11-10-18(32-23)12-17-13-22(33-28-17)15-6-8-16(25)9-7-15/h2-9,13,18,20,23,29H,10-12,14H2,1H3,(H2,26,27,30). The molecule has 33 heavy (non-hydrogen) atoms. The van der Waals surface area contributed by atoms with Gasteiger partial charge in [-0.05, 0) is 49.2 Å². The second-order valence-electron chi connectivity index (χ2n) is 7.87. The van der Waals surface area contributed by atoms with Crippen LogP contribution in [0, 0.1) is 5.82 Å². The van der Waals surface area contributed by atoms with Gasteiger partial charge in [-0.1, -0.05) is 17.3 Å². The van der Waals surface area contributed by atoms with Gasteiger partial charge in [-0.25, -0.2) is 9.18 Å². The van der Waals surface area contributed by atoms with Gasteiger partial charge in [-0.15, -0.1) is 0 Å². The maximum absolute atomic E-state index is 13.1. The third kappa shape index (κ3) is 5.88. The van der Waals surface area contributed by atoms with Crippen molar-refractivity contribution in [2.24, 2.45) is 0 Å². The number of ether oxygens (including phenoxy) is 2. The summed E-state index contributed by atoms with van der Waals surface area (Å²) in [5.74, 6) is 0.783. The third-order valence-electron chi connectivity index (χ3n) is 5.52. The quantitative estimate of drug-likeness (QED) is 0.501. The summed E-state index contributed by atoms with van der Waals surface area (Å²) in [5, 5.41) is 19.9. The Morgan fingerprint density at radius 2 is 2.00 bits per heavy atom. The molecule has 9 heteroatoms. The highest BCUT2D eigenvalue weighted by Crippen LogP contribution is 2.26. The summed E-state index contributed by atoms with van der Waals surface area (Å²) in [7, 11) is 1.53. The average molecular weight is 455 g/mol. The maximum atomic E-state index is 13.1. The Bertz CT molecular complexity index is 1070. The highest BCUT2D eigenvalue weighted by atomic mass is 19.1. The second kappa shape index (κ2) is 10.5. The number of nitrogens with one attached hydrogen (secondary N) is 2. The van der Waals surface area contributed by atoms with Crippen molar-refractivity contribution in [1.82, 2.24) is 10.5 Å². The molecule has 3 unspecified atom stereocenters. The van der Waals surface area contributed by atoms with E-state index < -0.39 is 18.2 Å². The molecule has 3 N–H and O–H groups in total. The molecular weight excluding hydrogens is 429 g/mol. The number of amides is 2. The topological polar surface area (TPSA) is 106 Å². The predicted molar refractivity (Wildman–Crippen MR) is 120 cm³/mol. The molecule has 1 aliphatic heterocycles. The van der Waals surface area contributed by atoms with Gasteiger partial charge >= 0.3 is 6.03 Å². The van der Waals surface area contributed by atoms with E-state index in [1.54, 1.807) is 36.4 Å². The van der Waals surface area contributed by atoms with Gasteiger partial charge in [-0.2, -0.15) is 0 Å². The van der Waals surface area contributed by atoms with Crippen molar-refractivity contribution in [1.29, 1.82) is 0 Å². The molecule has 1 aromatic heterocycles. The fraction of sp³-hybridized carbons (Fsp3) is 0.333. The van der Waals surface area contributed by atoms with E-state index in [1.165, 1.54) is 19.2 Å². The predicted octanol–water partition coefficient (Wildman–Crippen LogP) is 3.76. The van der Waals surface area contributed by atoms with E-state index in [-0.39, 0.29) is 18.5 Å². The second-order valence-corrected chi connectivity index (χ2v) is 7.87. The molecule has 3 atom stereocenters. The molecule has 0 aliphatic carbocycles. The molecule has 1 saturated heterocycles. The Kier molecular flexibility index (Phi) is 7.21. The number of halogens is 1. The van der Waals surface area contributed by atoms with Crippen LogP contribution in [0.25, 0.3) is 11.3 Å². The summed E-state index contributed by atoms with van der Waals surface area (Å²) in [5.41, 5.74) is 1.98. The van der Waals surface area contributed by atoms with Crippen molar-refractivity contribution >= 4 is 11.7 Å². The molecule has 1 fully saturated rings. The van der Waals surface area contributed by atoms with Crippen LogP contribution in [0.1, 0.15) is 18.5 Å². The first-order valence-electron chi connectivity index (χ1n) is 10.7. The van der Waals surface area contributed by atoms with Crippen LogP contribution in [0.5, 0.6) is 5.75 Å². The Balaban J connectivity index is 1.30. The maximum Gasteiger partial charge on any atom is 0.319 e. The zero-order valence-corrected chi connectivity index (χ0v) is 18.2. The lowest BCUT2D eigenvalue weighted by Crippen LogP contribution is -2.47. The SMILES string of the molecule is COc1ccccc1NC(=O)NCC1OC(Cc2cc(-c3ccc(F)cc3)on2)CCC1O. The summed E-state index contributed by atoms with van der Waals surface area (Å²) >= 11 is 0. The number of aliphatic hydroxyl groups is 1. The van der Waals surface area contributed by atoms with E-state index >= 15 is 0 Å². The van der Waals surface area contributed by atoms with Crippen LogP contribution in [-0.4, -0.2) is 48.3 Å². The van der Waals surface area contributed by atoms with Gasteiger partial charge in [0.1, 0.15) is 17.7 Å². The summed E-state index contributed by atoms with van der Waals surface area (Å²) in [6, 6.07) is 14.5. The summed E-state index contributed by atoms with van der Waals surface area (Å²) in [6.07, 6.45) is 0.304. The van der Waals surface area contributed by atoms with Crippen molar-refractivity contribution < 1.29 is 28.3 Å². The minimum atomic E-state index is -0.681. The number of aliphatic hydroxyl groups excluding tert-OH is 1. The highest BCUT2D eigenvalue weighted by Gasteiger charge is 2.31. The first-order chi connectivity index (χ1) is 16.0. The monoisotopic (exact) mass is 455 g/mol. The van der Waals surface area contributed by atoms with Gasteiger partial charge in [0.2, 0.25) is 0 Å². The number of carbonyl (C=O) groups excluding carboxylic acids is 1. The van der Waals surface area contributed by atoms with Gasteiger partial charge in [-0.3, -0.25) is 0 Å². The Morgan fingerprint density at radius 1 is 1.21 bits per heavy atom. The number of hydrogen-bond acceptors (Lipinski definition) is 6. The zero-order valence-electron chi connectivity index (χ0n) is 18.2. The Hall–Kier alpha value is -3.43. The van der Waals surface area contributed by atoms with E-state index in [1.807, 2.05) is 6.07 Å². The third-order valence-corrected chi connectivity index (χ3v) is 5.52. The fourth-order valence-corrected chi connectivity index (χ4v) is 3.78. The first kappa shape index (κ1) is 22.8. The van der Waals surface area contributed by atoms with Gasteiger partial charge in [0.25, 0.3) is 0 Å². The van der Waals surface area contributed by atoms with E-state index in [0.29, 0.717) is 42.2 Å². The Morgan fingerprint density at radius 3 is 2.79 bits per heavy atom. The molecule has 0 spiro atoms. The molecule has 0 saturated carbocycles. The van der Waals surface area contributed by atoms with E-state index in [9.17, 15) is 14.3 Å². The van der Waals surface area contributed by atoms with Crippen LogP contribution in [0.15, 0.2) is 59.1 Å². The number of anilines is 1. The van der Waals surface area contributed by atoms with Crippen LogP contribution in [0.2, 0.25) is 0 Å². The molecule has 2 amide bonds. The van der Waals surface area contributed by atoms with Crippen LogP contribution in [-0.2, 0) is 11.2 Å². The summed E-state index contributed by atoms with van der Waals surface area (Å²) in [6.45, 7) is 0.151. The molecule has 1 aliphatic rings. The minimum absolute atomic E-state index is 0.151. The summed E-state index contributed by atoms with van der Waals surface area (Å²) < 4.78 is 29.8. The molecule has 174 valence electrons. The molecule has 0 radical (unpaired) electrons. The number of carbonyl (C=O) groups is 1. The fourth-order valence-electron chi connectivity index (χ4n) is 3.78. The molecule has 2 aromatic carbocycles. The van der Waals surface area contributed by atoms with E-state index in [4.69, 9.17) is 14.0 Å². The number of methoxy groups -OCH3 is 1. The Labute approximate surface area is 190 Å². The number of rotatable bonds is 7. The van der Waals surface area contributed by atoms with Crippen LogP contribution in [0.4, 0.5) is 14.9 Å². The summed E-state index contributed by atoms with van der Waals surface area (Å²) in [4.78, 5) is 12.3. The van der Waals surface area contributed by atoms with Crippen LogP contribution >= 0.6 is 0 Å². The van der Waals surface area contributed by atoms with Crippen molar-refractivity contribution in [2.75, 3.05) is 19.0 Å². The van der Waals surface area contributed by atoms with Crippen molar-refractivity contribution in [3.8, 4) is 17.1 Å². The first-order valence-corrected chi connectivity index (χ1v) is 10.7. The molecule has 0 bridgehead atoms. The molecule has 2 heterocycles. The van der Waals surface area contributed by atoms with Crippen molar-refractivity contribution in [3.05, 3.63) is 66.1 Å². The van der Waals surface area contributed by atoms with Gasteiger partial charge in [0, 0.05) is 24.6 Å². The van der Waals surface area contributed by atoms with Crippen molar-refractivity contribution in [3.63, 3.8) is 0 Å².